The maximum atomic E-state index is 12.6. The Hall–Kier alpha value is -2.43. The fourth-order valence-corrected chi connectivity index (χ4v) is 4.59. The molecule has 2 N–H and O–H groups in total. The minimum atomic E-state index is -0.332. The van der Waals surface area contributed by atoms with Gasteiger partial charge in [-0.2, -0.15) is 5.26 Å². The van der Waals surface area contributed by atoms with Crippen molar-refractivity contribution >= 4 is 29.7 Å². The third-order valence-corrected chi connectivity index (χ3v) is 5.87. The SMILES string of the molecule is CC1(C)C(NC(=O)c2c[nH]c(=S)cn2)C(C)(C)C1Oc1ccc(C#N)c(Cl)c1. The lowest BCUT2D eigenvalue weighted by molar-refractivity contribution is -0.164. The number of H-pyrrole nitrogens is 1. The van der Waals surface area contributed by atoms with Crippen LogP contribution in [-0.4, -0.2) is 28.0 Å². The lowest BCUT2D eigenvalue weighted by atomic mass is 9.49. The zero-order chi connectivity index (χ0) is 20.7. The van der Waals surface area contributed by atoms with E-state index in [1.54, 1.807) is 18.2 Å². The number of carbonyl (C=O) groups excluding carboxylic acids is 1. The van der Waals surface area contributed by atoms with Gasteiger partial charge in [-0.1, -0.05) is 51.5 Å². The van der Waals surface area contributed by atoms with Gasteiger partial charge in [-0.25, -0.2) is 4.98 Å². The highest BCUT2D eigenvalue weighted by molar-refractivity contribution is 7.71. The minimum Gasteiger partial charge on any atom is -0.489 e. The van der Waals surface area contributed by atoms with Crippen LogP contribution < -0.4 is 10.1 Å². The molecule has 0 spiro atoms. The van der Waals surface area contributed by atoms with Crippen molar-refractivity contribution in [1.29, 1.82) is 5.26 Å². The first-order chi connectivity index (χ1) is 13.1. The van der Waals surface area contributed by atoms with Crippen molar-refractivity contribution in [1.82, 2.24) is 15.3 Å². The number of hydrogen-bond acceptors (Lipinski definition) is 5. The van der Waals surface area contributed by atoms with Gasteiger partial charge in [0, 0.05) is 29.1 Å². The maximum absolute atomic E-state index is 12.6. The van der Waals surface area contributed by atoms with Gasteiger partial charge < -0.3 is 15.0 Å². The smallest absolute Gasteiger partial charge is 0.271 e. The van der Waals surface area contributed by atoms with Crippen molar-refractivity contribution in [2.24, 2.45) is 10.8 Å². The standard InChI is InChI=1S/C20H21ClN4O2S/c1-19(2)17(25-16(26)14-9-24-15(28)10-23-14)20(3,4)18(19)27-12-6-5-11(8-22)13(21)7-12/h5-7,9-10,17-18H,1-4H3,(H,24,28)(H,25,26). The molecule has 28 heavy (non-hydrogen) atoms. The molecule has 1 aliphatic carbocycles. The Kier molecular flexibility index (Phi) is 5.22. The van der Waals surface area contributed by atoms with Crippen molar-refractivity contribution < 1.29 is 9.53 Å². The first-order valence-corrected chi connectivity index (χ1v) is 9.58. The van der Waals surface area contributed by atoms with E-state index in [9.17, 15) is 4.79 Å². The Morgan fingerprint density at radius 2 is 2.04 bits per heavy atom. The summed E-state index contributed by atoms with van der Waals surface area (Å²) in [6.45, 7) is 8.19. The molecule has 3 rings (SSSR count). The van der Waals surface area contributed by atoms with Crippen LogP contribution >= 0.6 is 23.8 Å². The summed E-state index contributed by atoms with van der Waals surface area (Å²) in [6, 6.07) is 6.93. The average molecular weight is 417 g/mol. The quantitative estimate of drug-likeness (QED) is 0.726. The van der Waals surface area contributed by atoms with Gasteiger partial charge in [0.2, 0.25) is 0 Å². The van der Waals surface area contributed by atoms with Crippen LogP contribution in [0.5, 0.6) is 5.75 Å². The molecule has 0 atom stereocenters. The zero-order valence-corrected chi connectivity index (χ0v) is 17.6. The van der Waals surface area contributed by atoms with Gasteiger partial charge in [-0.15, -0.1) is 0 Å². The zero-order valence-electron chi connectivity index (χ0n) is 16.0. The maximum Gasteiger partial charge on any atom is 0.271 e. The molecule has 1 saturated carbocycles. The summed E-state index contributed by atoms with van der Waals surface area (Å²) in [6.07, 6.45) is 2.79. The Labute approximate surface area is 173 Å². The van der Waals surface area contributed by atoms with Crippen molar-refractivity contribution in [3.8, 4) is 11.8 Å². The van der Waals surface area contributed by atoms with Crippen LogP contribution in [0.2, 0.25) is 5.02 Å². The molecule has 2 aromatic rings. The van der Waals surface area contributed by atoms with E-state index >= 15 is 0 Å². The molecule has 0 saturated heterocycles. The van der Waals surface area contributed by atoms with Crippen LogP contribution in [0.3, 0.4) is 0 Å². The van der Waals surface area contributed by atoms with Gasteiger partial charge in [0.15, 0.2) is 0 Å². The molecule has 1 fully saturated rings. The Bertz CT molecular complexity index is 989. The summed E-state index contributed by atoms with van der Waals surface area (Å²) >= 11 is 11.1. The summed E-state index contributed by atoms with van der Waals surface area (Å²) in [7, 11) is 0. The minimum absolute atomic E-state index is 0.128. The molecule has 0 unspecified atom stereocenters. The molecule has 1 amide bonds. The number of benzene rings is 1. The van der Waals surface area contributed by atoms with E-state index in [1.165, 1.54) is 12.4 Å². The van der Waals surface area contributed by atoms with Gasteiger partial charge in [0.05, 0.1) is 16.8 Å². The monoisotopic (exact) mass is 416 g/mol. The summed E-state index contributed by atoms with van der Waals surface area (Å²) in [5.41, 5.74) is 0.0201. The van der Waals surface area contributed by atoms with Crippen LogP contribution in [-0.2, 0) is 0 Å². The normalized spacial score (nSPS) is 21.9. The molecule has 1 aromatic carbocycles. The first-order valence-electron chi connectivity index (χ1n) is 8.79. The number of hydrogen-bond donors (Lipinski definition) is 2. The van der Waals surface area contributed by atoms with Crippen LogP contribution in [0, 0.1) is 26.8 Å². The molecule has 1 heterocycles. The van der Waals surface area contributed by atoms with E-state index in [4.69, 9.17) is 33.8 Å². The average Bonchev–Trinajstić information content (AvgIpc) is 2.64. The largest absolute Gasteiger partial charge is 0.489 e. The highest BCUT2D eigenvalue weighted by atomic mass is 35.5. The molecule has 1 aliphatic rings. The summed E-state index contributed by atoms with van der Waals surface area (Å²) in [5, 5.41) is 12.4. The molecule has 146 valence electrons. The third-order valence-electron chi connectivity index (χ3n) is 5.33. The summed E-state index contributed by atoms with van der Waals surface area (Å²) in [4.78, 5) is 19.5. The van der Waals surface area contributed by atoms with E-state index < -0.39 is 0 Å². The number of nitrogens with zero attached hydrogens (tertiary/aromatic N) is 2. The number of nitriles is 1. The molecule has 0 aliphatic heterocycles. The van der Waals surface area contributed by atoms with Crippen molar-refractivity contribution in [3.05, 3.63) is 51.5 Å². The molecule has 1 aromatic heterocycles. The predicted octanol–water partition coefficient (Wildman–Crippen LogP) is 4.28. The van der Waals surface area contributed by atoms with E-state index in [-0.39, 0.29) is 34.6 Å². The second kappa shape index (κ2) is 7.19. The number of amides is 1. The van der Waals surface area contributed by atoms with Crippen LogP contribution in [0.25, 0.3) is 0 Å². The number of aromatic nitrogens is 2. The number of rotatable bonds is 4. The Morgan fingerprint density at radius 3 is 2.57 bits per heavy atom. The topological polar surface area (TPSA) is 90.8 Å². The lowest BCUT2D eigenvalue weighted by Gasteiger charge is -2.63. The number of nitrogens with one attached hydrogen (secondary N) is 2. The fraction of sp³-hybridized carbons (Fsp3) is 0.400. The van der Waals surface area contributed by atoms with E-state index in [0.29, 0.717) is 21.0 Å². The molecule has 0 bridgehead atoms. The second-order valence-corrected chi connectivity index (χ2v) is 8.94. The van der Waals surface area contributed by atoms with Gasteiger partial charge in [0.25, 0.3) is 5.91 Å². The Morgan fingerprint density at radius 1 is 1.36 bits per heavy atom. The summed E-state index contributed by atoms with van der Waals surface area (Å²) in [5.74, 6) is 0.328. The van der Waals surface area contributed by atoms with Crippen molar-refractivity contribution in [2.45, 2.75) is 39.8 Å². The number of ether oxygens (including phenoxy) is 1. The third kappa shape index (κ3) is 3.50. The van der Waals surface area contributed by atoms with Gasteiger partial charge in [-0.3, -0.25) is 4.79 Å². The lowest BCUT2D eigenvalue weighted by Crippen LogP contribution is -2.74. The number of aromatic amines is 1. The molecule has 6 nitrogen and oxygen atoms in total. The first kappa shape index (κ1) is 20.3. The van der Waals surface area contributed by atoms with Crippen LogP contribution in [0.4, 0.5) is 0 Å². The highest BCUT2D eigenvalue weighted by Gasteiger charge is 2.64. The number of carbonyl (C=O) groups is 1. The van der Waals surface area contributed by atoms with Crippen molar-refractivity contribution in [2.75, 3.05) is 0 Å². The number of halogens is 1. The van der Waals surface area contributed by atoms with Gasteiger partial charge >= 0.3 is 0 Å². The van der Waals surface area contributed by atoms with Gasteiger partial charge in [0.1, 0.15) is 28.3 Å². The Balaban J connectivity index is 1.77. The van der Waals surface area contributed by atoms with E-state index in [0.717, 1.165) is 0 Å². The highest BCUT2D eigenvalue weighted by Crippen LogP contribution is 2.55. The van der Waals surface area contributed by atoms with Crippen LogP contribution in [0.15, 0.2) is 30.6 Å². The van der Waals surface area contributed by atoms with E-state index in [2.05, 4.69) is 15.3 Å². The predicted molar refractivity (Wildman–Crippen MR) is 109 cm³/mol. The van der Waals surface area contributed by atoms with E-state index in [1.807, 2.05) is 33.8 Å². The molecule has 0 radical (unpaired) electrons. The molecule has 8 heteroatoms. The molecular weight excluding hydrogens is 396 g/mol. The molecular formula is C20H21ClN4O2S. The summed E-state index contributed by atoms with van der Waals surface area (Å²) < 4.78 is 6.68. The fourth-order valence-electron chi connectivity index (χ4n) is 4.27. The van der Waals surface area contributed by atoms with Gasteiger partial charge in [-0.05, 0) is 12.1 Å². The van der Waals surface area contributed by atoms with Crippen LogP contribution in [0.1, 0.15) is 43.7 Å². The van der Waals surface area contributed by atoms with Crippen molar-refractivity contribution in [3.63, 3.8) is 0 Å². The second-order valence-electron chi connectivity index (χ2n) is 8.10.